The number of sulfonamides is 1. The van der Waals surface area contributed by atoms with Gasteiger partial charge in [0.25, 0.3) is 15.9 Å². The highest BCUT2D eigenvalue weighted by Gasteiger charge is 2.33. The fourth-order valence-corrected chi connectivity index (χ4v) is 5.64. The maximum absolute atomic E-state index is 12.9. The maximum Gasteiger partial charge on any atom is 0.257 e. The predicted octanol–water partition coefficient (Wildman–Crippen LogP) is 1.83. The van der Waals surface area contributed by atoms with Crippen molar-refractivity contribution in [2.75, 3.05) is 22.5 Å². The van der Waals surface area contributed by atoms with E-state index >= 15 is 0 Å². The van der Waals surface area contributed by atoms with Gasteiger partial charge in [-0.1, -0.05) is 6.07 Å². The summed E-state index contributed by atoms with van der Waals surface area (Å²) in [7, 11) is -3.42. The van der Waals surface area contributed by atoms with Gasteiger partial charge < -0.3 is 10.2 Å². The van der Waals surface area contributed by atoms with Crippen LogP contribution < -0.4 is 10.2 Å². The molecule has 0 aliphatic carbocycles. The molecular formula is C18H15N7O3S2. The first-order valence-electron chi connectivity index (χ1n) is 8.98. The van der Waals surface area contributed by atoms with Gasteiger partial charge in [-0.3, -0.25) is 4.79 Å². The number of hydrogen-bond donors (Lipinski definition) is 1. The fraction of sp³-hybridized carbons (Fsp3) is 0.167. The van der Waals surface area contributed by atoms with Crippen molar-refractivity contribution in [1.82, 2.24) is 20.2 Å². The zero-order valence-electron chi connectivity index (χ0n) is 15.7. The first-order chi connectivity index (χ1) is 14.4. The van der Waals surface area contributed by atoms with Gasteiger partial charge in [0.1, 0.15) is 6.33 Å². The molecule has 3 heterocycles. The molecule has 10 nitrogen and oxygen atoms in total. The minimum absolute atomic E-state index is 0.0182. The third kappa shape index (κ3) is 3.23. The molecular weight excluding hydrogens is 426 g/mol. The van der Waals surface area contributed by atoms with Crippen LogP contribution in [-0.4, -0.2) is 52.0 Å². The second-order valence-electron chi connectivity index (χ2n) is 6.75. The Morgan fingerprint density at radius 1 is 1.20 bits per heavy atom. The van der Waals surface area contributed by atoms with Crippen molar-refractivity contribution in [2.24, 2.45) is 4.40 Å². The summed E-state index contributed by atoms with van der Waals surface area (Å²) in [6.45, 7) is 2.23. The van der Waals surface area contributed by atoms with E-state index < -0.39 is 10.0 Å². The highest BCUT2D eigenvalue weighted by Crippen LogP contribution is 2.42. The highest BCUT2D eigenvalue weighted by atomic mass is 32.2. The number of thioether (sulfide) groups is 1. The average Bonchev–Trinajstić information content (AvgIpc) is 3.35. The van der Waals surface area contributed by atoms with Crippen molar-refractivity contribution in [3.8, 4) is 5.69 Å². The van der Waals surface area contributed by atoms with E-state index in [1.54, 1.807) is 12.1 Å². The zero-order chi connectivity index (χ0) is 20.9. The normalized spacial score (nSPS) is 16.6. The Labute approximate surface area is 176 Å². The van der Waals surface area contributed by atoms with Crippen LogP contribution in [0, 0.1) is 6.92 Å². The first kappa shape index (κ1) is 18.8. The molecule has 0 bridgehead atoms. The van der Waals surface area contributed by atoms with Gasteiger partial charge >= 0.3 is 0 Å². The van der Waals surface area contributed by atoms with E-state index in [0.29, 0.717) is 23.0 Å². The lowest BCUT2D eigenvalue weighted by Gasteiger charge is -2.22. The maximum atomic E-state index is 12.9. The van der Waals surface area contributed by atoms with Crippen molar-refractivity contribution in [2.45, 2.75) is 11.8 Å². The highest BCUT2D eigenvalue weighted by molar-refractivity contribution is 8.15. The van der Waals surface area contributed by atoms with Crippen LogP contribution in [0.5, 0.6) is 0 Å². The third-order valence-electron chi connectivity index (χ3n) is 4.88. The molecule has 0 saturated heterocycles. The molecule has 0 fully saturated rings. The summed E-state index contributed by atoms with van der Waals surface area (Å²) in [6, 6.07) is 10.8. The van der Waals surface area contributed by atoms with Crippen LogP contribution in [-0.2, 0) is 10.0 Å². The molecule has 152 valence electrons. The van der Waals surface area contributed by atoms with Gasteiger partial charge in [0.2, 0.25) is 0 Å². The largest absolute Gasteiger partial charge is 0.322 e. The molecule has 5 rings (SSSR count). The topological polar surface area (TPSA) is 122 Å². The molecule has 3 aromatic rings. The Bertz CT molecular complexity index is 1300. The fourth-order valence-electron chi connectivity index (χ4n) is 3.35. The van der Waals surface area contributed by atoms with Crippen molar-refractivity contribution in [3.63, 3.8) is 0 Å². The SMILES string of the molecule is Cc1c(NC(=O)c2ccc3c(c2)SC2=NS(=O)(=O)CCN23)cccc1-n1cnnn1. The molecule has 0 atom stereocenters. The van der Waals surface area contributed by atoms with E-state index in [0.717, 1.165) is 21.8 Å². The van der Waals surface area contributed by atoms with E-state index in [2.05, 4.69) is 25.2 Å². The molecule has 2 aliphatic heterocycles. The van der Waals surface area contributed by atoms with Crippen LogP contribution in [0.3, 0.4) is 0 Å². The van der Waals surface area contributed by atoms with Gasteiger partial charge in [-0.2, -0.15) is 0 Å². The lowest BCUT2D eigenvalue weighted by Crippen LogP contribution is -2.35. The van der Waals surface area contributed by atoms with E-state index in [4.69, 9.17) is 0 Å². The lowest BCUT2D eigenvalue weighted by atomic mass is 10.1. The smallest absolute Gasteiger partial charge is 0.257 e. The number of carbonyl (C=O) groups is 1. The van der Waals surface area contributed by atoms with E-state index in [1.165, 1.54) is 22.8 Å². The van der Waals surface area contributed by atoms with Gasteiger partial charge in [-0.25, -0.2) is 13.1 Å². The summed E-state index contributed by atoms with van der Waals surface area (Å²) in [6.07, 6.45) is 1.49. The van der Waals surface area contributed by atoms with Crippen molar-refractivity contribution < 1.29 is 13.2 Å². The number of hydrogen-bond acceptors (Lipinski definition) is 8. The van der Waals surface area contributed by atoms with E-state index in [1.807, 2.05) is 36.1 Å². The second-order valence-corrected chi connectivity index (χ2v) is 9.52. The van der Waals surface area contributed by atoms with Gasteiger partial charge in [0.15, 0.2) is 5.17 Å². The number of carbonyl (C=O) groups excluding carboxylic acids is 1. The molecule has 2 aromatic carbocycles. The number of nitrogens with one attached hydrogen (secondary N) is 1. The standard InChI is InChI=1S/C18H15N7O3S2/c1-11-13(3-2-4-14(11)25-10-19-22-23-25)20-17(26)12-5-6-15-16(9-12)29-18-21-30(27,28)8-7-24(15)18/h2-6,9-10H,7-8H2,1H3,(H,20,26). The van der Waals surface area contributed by atoms with Gasteiger partial charge in [-0.15, -0.1) is 9.50 Å². The number of nitrogens with zero attached hydrogens (tertiary/aromatic N) is 6. The van der Waals surface area contributed by atoms with Crippen LogP contribution in [0.4, 0.5) is 11.4 Å². The first-order valence-corrected chi connectivity index (χ1v) is 11.4. The van der Waals surface area contributed by atoms with E-state index in [-0.39, 0.29) is 11.7 Å². The summed E-state index contributed by atoms with van der Waals surface area (Å²) >= 11 is 1.26. The van der Waals surface area contributed by atoms with Crippen LogP contribution in [0.1, 0.15) is 15.9 Å². The molecule has 1 amide bonds. The number of amides is 1. The summed E-state index contributed by atoms with van der Waals surface area (Å²) < 4.78 is 28.9. The van der Waals surface area contributed by atoms with Crippen molar-refractivity contribution in [3.05, 3.63) is 53.9 Å². The summed E-state index contributed by atoms with van der Waals surface area (Å²) in [5, 5.41) is 14.5. The zero-order valence-corrected chi connectivity index (χ0v) is 17.3. The molecule has 0 spiro atoms. The Hall–Kier alpha value is -3.25. The minimum atomic E-state index is -3.42. The van der Waals surface area contributed by atoms with Gasteiger partial charge in [0.05, 0.1) is 17.1 Å². The minimum Gasteiger partial charge on any atom is -0.322 e. The monoisotopic (exact) mass is 441 g/mol. The molecule has 1 aromatic heterocycles. The number of tetrazole rings is 1. The Morgan fingerprint density at radius 2 is 2.07 bits per heavy atom. The molecule has 0 saturated carbocycles. The predicted molar refractivity (Wildman–Crippen MR) is 113 cm³/mol. The molecule has 1 N–H and O–H groups in total. The second kappa shape index (κ2) is 6.92. The van der Waals surface area contributed by atoms with Gasteiger partial charge in [-0.05, 0) is 65.0 Å². The lowest BCUT2D eigenvalue weighted by molar-refractivity contribution is 0.102. The number of anilines is 2. The summed E-state index contributed by atoms with van der Waals surface area (Å²) in [5.74, 6) is -0.287. The summed E-state index contributed by atoms with van der Waals surface area (Å²) in [4.78, 5) is 15.5. The number of fused-ring (bicyclic) bond motifs is 3. The van der Waals surface area contributed by atoms with Crippen molar-refractivity contribution >= 4 is 44.2 Å². The number of aromatic nitrogens is 4. The Morgan fingerprint density at radius 3 is 2.87 bits per heavy atom. The summed E-state index contributed by atoms with van der Waals surface area (Å²) in [5.41, 5.74) is 3.57. The van der Waals surface area contributed by atoms with Crippen molar-refractivity contribution in [1.29, 1.82) is 0 Å². The Balaban J connectivity index is 1.41. The molecule has 2 aliphatic rings. The van der Waals surface area contributed by atoms with Crippen LogP contribution in [0.25, 0.3) is 5.69 Å². The van der Waals surface area contributed by atoms with E-state index in [9.17, 15) is 13.2 Å². The molecule has 0 unspecified atom stereocenters. The van der Waals surface area contributed by atoms with Crippen LogP contribution in [0.2, 0.25) is 0 Å². The molecule has 0 radical (unpaired) electrons. The Kier molecular flexibility index (Phi) is 4.33. The van der Waals surface area contributed by atoms with Crippen LogP contribution >= 0.6 is 11.8 Å². The average molecular weight is 441 g/mol. The van der Waals surface area contributed by atoms with Crippen LogP contribution in [0.15, 0.2) is 52.0 Å². The molecule has 30 heavy (non-hydrogen) atoms. The quantitative estimate of drug-likeness (QED) is 0.653. The molecule has 12 heteroatoms. The third-order valence-corrected chi connectivity index (χ3v) is 7.19. The number of benzene rings is 2. The number of amidine groups is 1. The number of rotatable bonds is 3. The van der Waals surface area contributed by atoms with Gasteiger partial charge in [0, 0.05) is 22.7 Å².